The van der Waals surface area contributed by atoms with Gasteiger partial charge in [-0.1, -0.05) is 13.8 Å². The molecular weight excluding hydrogens is 214 g/mol. The molecule has 100 valence electrons. The van der Waals surface area contributed by atoms with Crippen molar-refractivity contribution in [3.63, 3.8) is 0 Å². The summed E-state index contributed by atoms with van der Waals surface area (Å²) in [6.07, 6.45) is 2.92. The molecule has 0 aliphatic heterocycles. The predicted molar refractivity (Wildman–Crippen MR) is 71.0 cm³/mol. The lowest BCUT2D eigenvalue weighted by atomic mass is 9.93. The summed E-state index contributed by atoms with van der Waals surface area (Å²) in [5.41, 5.74) is 0.246. The number of hydrogen-bond donors (Lipinski definition) is 2. The van der Waals surface area contributed by atoms with Crippen molar-refractivity contribution in [2.24, 2.45) is 5.41 Å². The van der Waals surface area contributed by atoms with Gasteiger partial charge in [-0.25, -0.2) is 0 Å². The van der Waals surface area contributed by atoms with E-state index < -0.39 is 0 Å². The molecule has 1 aliphatic carbocycles. The van der Waals surface area contributed by atoms with Gasteiger partial charge >= 0.3 is 0 Å². The number of rotatable bonds is 8. The molecule has 0 radical (unpaired) electrons. The Morgan fingerprint density at radius 1 is 1.35 bits per heavy atom. The summed E-state index contributed by atoms with van der Waals surface area (Å²) in [5, 5.41) is 6.36. The Hall–Kier alpha value is -0.610. The molecule has 0 aromatic heterocycles. The monoisotopic (exact) mass is 241 g/mol. The van der Waals surface area contributed by atoms with Crippen molar-refractivity contribution in [3.05, 3.63) is 0 Å². The Morgan fingerprint density at radius 3 is 2.53 bits per heavy atom. The molecule has 0 spiro atoms. The summed E-state index contributed by atoms with van der Waals surface area (Å²) in [5.74, 6) is 0.186. The molecule has 2 N–H and O–H groups in total. The van der Waals surface area contributed by atoms with Gasteiger partial charge in [-0.05, 0) is 32.4 Å². The second-order valence-corrected chi connectivity index (χ2v) is 6.17. The van der Waals surface area contributed by atoms with Gasteiger partial charge in [-0.15, -0.1) is 0 Å². The maximum atomic E-state index is 11.4. The van der Waals surface area contributed by atoms with Crippen LogP contribution >= 0.6 is 0 Å². The number of nitrogens with zero attached hydrogens (tertiary/aromatic N) is 1. The van der Waals surface area contributed by atoms with E-state index in [2.05, 4.69) is 43.5 Å². The van der Waals surface area contributed by atoms with Gasteiger partial charge in [0.1, 0.15) is 0 Å². The lowest BCUT2D eigenvalue weighted by molar-refractivity contribution is -0.121. The molecule has 0 aromatic rings. The van der Waals surface area contributed by atoms with Gasteiger partial charge < -0.3 is 15.5 Å². The van der Waals surface area contributed by atoms with Crippen molar-refractivity contribution in [2.45, 2.75) is 39.2 Å². The molecule has 0 atom stereocenters. The van der Waals surface area contributed by atoms with Gasteiger partial charge in [-0.2, -0.15) is 0 Å². The van der Waals surface area contributed by atoms with Crippen LogP contribution in [-0.2, 0) is 4.79 Å². The minimum Gasteiger partial charge on any atom is -0.353 e. The third kappa shape index (κ3) is 7.34. The molecule has 1 amide bonds. The van der Waals surface area contributed by atoms with E-state index in [0.717, 1.165) is 32.5 Å². The van der Waals surface area contributed by atoms with E-state index in [1.165, 1.54) is 0 Å². The highest BCUT2D eigenvalue weighted by Gasteiger charge is 2.23. The van der Waals surface area contributed by atoms with Crippen LogP contribution in [0, 0.1) is 5.41 Å². The third-order valence-electron chi connectivity index (χ3n) is 2.82. The maximum absolute atomic E-state index is 11.4. The van der Waals surface area contributed by atoms with E-state index in [1.54, 1.807) is 0 Å². The molecule has 1 aliphatic rings. The zero-order valence-corrected chi connectivity index (χ0v) is 11.7. The Bertz CT molecular complexity index is 247. The highest BCUT2D eigenvalue weighted by Crippen LogP contribution is 2.18. The zero-order valence-electron chi connectivity index (χ0n) is 11.7. The van der Waals surface area contributed by atoms with E-state index in [9.17, 15) is 4.79 Å². The van der Waals surface area contributed by atoms with Gasteiger partial charge in [0, 0.05) is 32.1 Å². The lowest BCUT2D eigenvalue weighted by Crippen LogP contribution is -2.39. The molecular formula is C13H27N3O. The molecule has 0 unspecified atom stereocenters. The summed E-state index contributed by atoms with van der Waals surface area (Å²) in [6, 6.07) is 0.479. The van der Waals surface area contributed by atoms with E-state index in [0.29, 0.717) is 12.5 Å². The molecule has 1 saturated carbocycles. The van der Waals surface area contributed by atoms with Crippen LogP contribution in [0.2, 0.25) is 0 Å². The van der Waals surface area contributed by atoms with Crippen molar-refractivity contribution in [2.75, 3.05) is 33.7 Å². The highest BCUT2D eigenvalue weighted by molar-refractivity contribution is 5.76. The number of carbonyl (C=O) groups is 1. The van der Waals surface area contributed by atoms with Gasteiger partial charge in [-0.3, -0.25) is 4.79 Å². The molecule has 0 heterocycles. The van der Waals surface area contributed by atoms with Crippen LogP contribution in [0.15, 0.2) is 0 Å². The standard InChI is InChI=1S/C13H27N3O/c1-13(2,10-16(3)4)9-14-8-7-12(17)15-11-5-6-11/h11,14H,5-10H2,1-4H3,(H,15,17). The number of amides is 1. The van der Waals surface area contributed by atoms with Crippen molar-refractivity contribution < 1.29 is 4.79 Å². The van der Waals surface area contributed by atoms with E-state index >= 15 is 0 Å². The largest absolute Gasteiger partial charge is 0.353 e. The lowest BCUT2D eigenvalue weighted by Gasteiger charge is -2.28. The first-order chi connectivity index (χ1) is 7.89. The first kappa shape index (κ1) is 14.5. The second-order valence-electron chi connectivity index (χ2n) is 6.17. The summed E-state index contributed by atoms with van der Waals surface area (Å²) in [4.78, 5) is 13.6. The predicted octanol–water partition coefficient (Wildman–Crippen LogP) is 0.833. The topological polar surface area (TPSA) is 44.4 Å². The minimum atomic E-state index is 0.186. The van der Waals surface area contributed by atoms with Crippen LogP contribution < -0.4 is 10.6 Å². The fraction of sp³-hybridized carbons (Fsp3) is 0.923. The molecule has 0 aromatic carbocycles. The van der Waals surface area contributed by atoms with Crippen LogP contribution in [0.3, 0.4) is 0 Å². The van der Waals surface area contributed by atoms with Gasteiger partial charge in [0.2, 0.25) is 5.91 Å². The Balaban J connectivity index is 2.03. The quantitative estimate of drug-likeness (QED) is 0.619. The van der Waals surface area contributed by atoms with Crippen molar-refractivity contribution in [1.82, 2.24) is 15.5 Å². The van der Waals surface area contributed by atoms with Crippen molar-refractivity contribution in [3.8, 4) is 0 Å². The molecule has 0 bridgehead atoms. The fourth-order valence-corrected chi connectivity index (χ4v) is 2.07. The SMILES string of the molecule is CN(C)CC(C)(C)CNCCC(=O)NC1CC1. The minimum absolute atomic E-state index is 0.186. The van der Waals surface area contributed by atoms with Crippen LogP contribution in [-0.4, -0.2) is 50.6 Å². The maximum Gasteiger partial charge on any atom is 0.221 e. The summed E-state index contributed by atoms with van der Waals surface area (Å²) >= 11 is 0. The fourth-order valence-electron chi connectivity index (χ4n) is 2.07. The van der Waals surface area contributed by atoms with Crippen LogP contribution in [0.4, 0.5) is 0 Å². The van der Waals surface area contributed by atoms with Gasteiger partial charge in [0.05, 0.1) is 0 Å². The van der Waals surface area contributed by atoms with E-state index in [1.807, 2.05) is 0 Å². The normalized spacial score (nSPS) is 16.3. The Morgan fingerprint density at radius 2 is 2.00 bits per heavy atom. The molecule has 4 nitrogen and oxygen atoms in total. The number of nitrogens with one attached hydrogen (secondary N) is 2. The van der Waals surface area contributed by atoms with Crippen molar-refractivity contribution >= 4 is 5.91 Å². The summed E-state index contributed by atoms with van der Waals surface area (Å²) < 4.78 is 0. The molecule has 4 heteroatoms. The van der Waals surface area contributed by atoms with Crippen LogP contribution in [0.25, 0.3) is 0 Å². The second kappa shape index (κ2) is 6.36. The third-order valence-corrected chi connectivity index (χ3v) is 2.82. The molecule has 1 rings (SSSR count). The zero-order chi connectivity index (χ0) is 12.9. The average molecular weight is 241 g/mol. The summed E-state index contributed by atoms with van der Waals surface area (Å²) in [7, 11) is 4.18. The van der Waals surface area contributed by atoms with E-state index in [-0.39, 0.29) is 11.3 Å². The Kier molecular flexibility index (Phi) is 5.40. The van der Waals surface area contributed by atoms with E-state index in [4.69, 9.17) is 0 Å². The molecule has 1 fully saturated rings. The number of hydrogen-bond acceptors (Lipinski definition) is 3. The van der Waals surface area contributed by atoms with Gasteiger partial charge in [0.25, 0.3) is 0 Å². The smallest absolute Gasteiger partial charge is 0.221 e. The molecule has 0 saturated heterocycles. The van der Waals surface area contributed by atoms with Crippen LogP contribution in [0.1, 0.15) is 33.1 Å². The van der Waals surface area contributed by atoms with Gasteiger partial charge in [0.15, 0.2) is 0 Å². The first-order valence-electron chi connectivity index (χ1n) is 6.54. The number of carbonyl (C=O) groups excluding carboxylic acids is 1. The Labute approximate surface area is 105 Å². The van der Waals surface area contributed by atoms with Crippen molar-refractivity contribution in [1.29, 1.82) is 0 Å². The first-order valence-corrected chi connectivity index (χ1v) is 6.54. The summed E-state index contributed by atoms with van der Waals surface area (Å²) in [6.45, 7) is 7.25. The highest BCUT2D eigenvalue weighted by atomic mass is 16.1. The van der Waals surface area contributed by atoms with Crippen LogP contribution in [0.5, 0.6) is 0 Å². The molecule has 17 heavy (non-hydrogen) atoms. The average Bonchev–Trinajstić information content (AvgIpc) is 2.94.